The van der Waals surface area contributed by atoms with Crippen LogP contribution in [0.4, 0.5) is 5.95 Å². The van der Waals surface area contributed by atoms with Crippen molar-refractivity contribution in [1.29, 1.82) is 0 Å². The third kappa shape index (κ3) is 3.64. The quantitative estimate of drug-likeness (QED) is 0.722. The average Bonchev–Trinajstić information content (AvgIpc) is 2.30. The van der Waals surface area contributed by atoms with Gasteiger partial charge in [0.05, 0.1) is 0 Å². The fraction of sp³-hybridized carbons (Fsp3) is 0.400. The standard InChI is InChI=1S/C10H14N4O2/c1-3-7(2)13-8(15)9(16)14-10-11-5-4-6-12-10/h4-7H,3H2,1-2H3,(H,13,15)(H,11,12,14,16). The third-order valence-electron chi connectivity index (χ3n) is 1.99. The molecule has 0 fully saturated rings. The molecule has 86 valence electrons. The maximum atomic E-state index is 11.4. The number of aromatic nitrogens is 2. The lowest BCUT2D eigenvalue weighted by Gasteiger charge is -2.10. The fourth-order valence-electron chi connectivity index (χ4n) is 0.913. The summed E-state index contributed by atoms with van der Waals surface area (Å²) < 4.78 is 0. The lowest BCUT2D eigenvalue weighted by atomic mass is 10.2. The molecule has 16 heavy (non-hydrogen) atoms. The number of carbonyl (C=O) groups is 2. The largest absolute Gasteiger partial charge is 0.345 e. The van der Waals surface area contributed by atoms with Crippen LogP contribution in [0.2, 0.25) is 0 Å². The van der Waals surface area contributed by atoms with E-state index in [0.29, 0.717) is 0 Å². The van der Waals surface area contributed by atoms with E-state index in [1.807, 2.05) is 13.8 Å². The van der Waals surface area contributed by atoms with Gasteiger partial charge in [0.1, 0.15) is 0 Å². The van der Waals surface area contributed by atoms with Crippen molar-refractivity contribution in [2.75, 3.05) is 5.32 Å². The zero-order valence-electron chi connectivity index (χ0n) is 9.23. The van der Waals surface area contributed by atoms with Gasteiger partial charge in [0.15, 0.2) is 0 Å². The van der Waals surface area contributed by atoms with Gasteiger partial charge in [-0.1, -0.05) is 6.92 Å². The first kappa shape index (κ1) is 12.1. The van der Waals surface area contributed by atoms with E-state index >= 15 is 0 Å². The second-order valence-corrected chi connectivity index (χ2v) is 3.31. The zero-order chi connectivity index (χ0) is 12.0. The highest BCUT2D eigenvalue weighted by atomic mass is 16.2. The highest BCUT2D eigenvalue weighted by Gasteiger charge is 2.15. The first-order valence-corrected chi connectivity index (χ1v) is 5.02. The molecule has 1 rings (SSSR count). The number of hydrogen-bond donors (Lipinski definition) is 2. The van der Waals surface area contributed by atoms with Crippen molar-refractivity contribution in [3.63, 3.8) is 0 Å². The molecule has 2 N–H and O–H groups in total. The Morgan fingerprint density at radius 1 is 1.31 bits per heavy atom. The van der Waals surface area contributed by atoms with Crippen LogP contribution in [0.5, 0.6) is 0 Å². The van der Waals surface area contributed by atoms with Crippen LogP contribution in [-0.2, 0) is 9.59 Å². The molecule has 1 heterocycles. The van der Waals surface area contributed by atoms with Gasteiger partial charge in [-0.05, 0) is 19.4 Å². The number of hydrogen-bond acceptors (Lipinski definition) is 4. The van der Waals surface area contributed by atoms with E-state index in [-0.39, 0.29) is 12.0 Å². The molecule has 6 heteroatoms. The van der Waals surface area contributed by atoms with Crippen molar-refractivity contribution in [1.82, 2.24) is 15.3 Å². The van der Waals surface area contributed by atoms with E-state index in [0.717, 1.165) is 6.42 Å². The number of carbonyl (C=O) groups excluding carboxylic acids is 2. The van der Waals surface area contributed by atoms with Gasteiger partial charge < -0.3 is 5.32 Å². The summed E-state index contributed by atoms with van der Waals surface area (Å²) in [6.45, 7) is 3.74. The Balaban J connectivity index is 2.50. The van der Waals surface area contributed by atoms with Gasteiger partial charge >= 0.3 is 11.8 Å². The lowest BCUT2D eigenvalue weighted by Crippen LogP contribution is -2.40. The van der Waals surface area contributed by atoms with Crippen molar-refractivity contribution in [2.24, 2.45) is 0 Å². The summed E-state index contributed by atoms with van der Waals surface area (Å²) in [4.78, 5) is 30.3. The molecule has 1 atom stereocenters. The van der Waals surface area contributed by atoms with E-state index in [4.69, 9.17) is 0 Å². The molecule has 0 radical (unpaired) electrons. The predicted octanol–water partition coefficient (Wildman–Crippen LogP) is 0.330. The van der Waals surface area contributed by atoms with Crippen LogP contribution in [0.1, 0.15) is 20.3 Å². The first-order chi connectivity index (χ1) is 7.63. The van der Waals surface area contributed by atoms with Gasteiger partial charge in [-0.2, -0.15) is 0 Å². The van der Waals surface area contributed by atoms with Crippen LogP contribution >= 0.6 is 0 Å². The second-order valence-electron chi connectivity index (χ2n) is 3.31. The molecule has 0 aliphatic heterocycles. The predicted molar refractivity (Wildman–Crippen MR) is 58.6 cm³/mol. The molecule has 0 saturated carbocycles. The fourth-order valence-corrected chi connectivity index (χ4v) is 0.913. The van der Waals surface area contributed by atoms with E-state index in [2.05, 4.69) is 20.6 Å². The minimum absolute atomic E-state index is 0.0325. The van der Waals surface area contributed by atoms with E-state index in [1.54, 1.807) is 6.07 Å². The van der Waals surface area contributed by atoms with Crippen molar-refractivity contribution in [3.05, 3.63) is 18.5 Å². The molecule has 0 saturated heterocycles. The van der Waals surface area contributed by atoms with Crippen LogP contribution in [0, 0.1) is 0 Å². The minimum atomic E-state index is -0.758. The van der Waals surface area contributed by atoms with Crippen molar-refractivity contribution in [3.8, 4) is 0 Å². The lowest BCUT2D eigenvalue weighted by molar-refractivity contribution is -0.136. The van der Waals surface area contributed by atoms with Crippen molar-refractivity contribution < 1.29 is 9.59 Å². The van der Waals surface area contributed by atoms with E-state index in [9.17, 15) is 9.59 Å². The summed E-state index contributed by atoms with van der Waals surface area (Å²) in [5.41, 5.74) is 0. The zero-order valence-corrected chi connectivity index (χ0v) is 9.23. The average molecular weight is 222 g/mol. The summed E-state index contributed by atoms with van der Waals surface area (Å²) in [6, 6.07) is 1.59. The summed E-state index contributed by atoms with van der Waals surface area (Å²) in [5, 5.41) is 4.84. The number of amides is 2. The Bertz CT molecular complexity index is 366. The van der Waals surface area contributed by atoms with Crippen LogP contribution < -0.4 is 10.6 Å². The van der Waals surface area contributed by atoms with Gasteiger partial charge in [-0.25, -0.2) is 9.97 Å². The molecular weight excluding hydrogens is 208 g/mol. The molecule has 0 aromatic carbocycles. The summed E-state index contributed by atoms with van der Waals surface area (Å²) in [5.74, 6) is -1.32. The van der Waals surface area contributed by atoms with Gasteiger partial charge in [0.25, 0.3) is 0 Å². The number of nitrogens with one attached hydrogen (secondary N) is 2. The number of anilines is 1. The van der Waals surface area contributed by atoms with E-state index in [1.165, 1.54) is 12.4 Å². The van der Waals surface area contributed by atoms with Crippen LogP contribution in [0.3, 0.4) is 0 Å². The third-order valence-corrected chi connectivity index (χ3v) is 1.99. The summed E-state index contributed by atoms with van der Waals surface area (Å²) >= 11 is 0. The number of nitrogens with zero attached hydrogens (tertiary/aromatic N) is 2. The van der Waals surface area contributed by atoms with Crippen LogP contribution in [-0.4, -0.2) is 27.8 Å². The monoisotopic (exact) mass is 222 g/mol. The molecule has 6 nitrogen and oxygen atoms in total. The Morgan fingerprint density at radius 3 is 2.50 bits per heavy atom. The summed E-state index contributed by atoms with van der Waals surface area (Å²) in [7, 11) is 0. The maximum absolute atomic E-state index is 11.4. The molecule has 0 spiro atoms. The highest BCUT2D eigenvalue weighted by molar-refractivity contribution is 6.39. The van der Waals surface area contributed by atoms with Crippen LogP contribution in [0.25, 0.3) is 0 Å². The maximum Gasteiger partial charge on any atom is 0.316 e. The first-order valence-electron chi connectivity index (χ1n) is 5.02. The molecule has 1 unspecified atom stereocenters. The summed E-state index contributed by atoms with van der Waals surface area (Å²) in [6.07, 6.45) is 3.73. The SMILES string of the molecule is CCC(C)NC(=O)C(=O)Nc1ncccn1. The normalized spacial score (nSPS) is 11.6. The molecule has 2 amide bonds. The molecule has 1 aromatic heterocycles. The van der Waals surface area contributed by atoms with Crippen molar-refractivity contribution in [2.45, 2.75) is 26.3 Å². The highest BCUT2D eigenvalue weighted by Crippen LogP contribution is 1.94. The van der Waals surface area contributed by atoms with Gasteiger partial charge in [0, 0.05) is 18.4 Å². The number of rotatable bonds is 3. The Hall–Kier alpha value is -1.98. The molecule has 0 aliphatic carbocycles. The van der Waals surface area contributed by atoms with Gasteiger partial charge in [0.2, 0.25) is 5.95 Å². The van der Waals surface area contributed by atoms with Gasteiger partial charge in [-0.3, -0.25) is 14.9 Å². The van der Waals surface area contributed by atoms with Crippen LogP contribution in [0.15, 0.2) is 18.5 Å². The van der Waals surface area contributed by atoms with Crippen molar-refractivity contribution >= 4 is 17.8 Å². The van der Waals surface area contributed by atoms with E-state index < -0.39 is 11.8 Å². The topological polar surface area (TPSA) is 84.0 Å². The second kappa shape index (κ2) is 5.79. The Morgan fingerprint density at radius 2 is 1.94 bits per heavy atom. The smallest absolute Gasteiger partial charge is 0.316 e. The van der Waals surface area contributed by atoms with Gasteiger partial charge in [-0.15, -0.1) is 0 Å². The molecule has 0 aliphatic rings. The molecule has 1 aromatic rings. The molecular formula is C10H14N4O2. The molecule has 0 bridgehead atoms. The minimum Gasteiger partial charge on any atom is -0.345 e. The Labute approximate surface area is 93.5 Å². The Kier molecular flexibility index (Phi) is 4.38.